The summed E-state index contributed by atoms with van der Waals surface area (Å²) in [5.74, 6) is -1.83. The van der Waals surface area contributed by atoms with E-state index in [-0.39, 0.29) is 43.2 Å². The van der Waals surface area contributed by atoms with Gasteiger partial charge in [-0.2, -0.15) is 0 Å². The van der Waals surface area contributed by atoms with Crippen molar-refractivity contribution in [2.24, 2.45) is 5.73 Å². The van der Waals surface area contributed by atoms with Gasteiger partial charge in [-0.15, -0.1) is 0 Å². The maximum absolute atomic E-state index is 14.0. The van der Waals surface area contributed by atoms with Gasteiger partial charge < -0.3 is 25.8 Å². The SMILES string of the molecule is CC(=O)N1CCC(N(C)C(=O)CC(NS(=O)(=O)Cc2ccccc2)C(=O)N2CCC[C@H]2C(=O)NCc2cc(Cl)ccc2CN)CC1. The van der Waals surface area contributed by atoms with E-state index in [2.05, 4.69) is 10.0 Å². The number of likely N-dealkylation sites (tertiary alicyclic amines) is 2. The van der Waals surface area contributed by atoms with Crippen molar-refractivity contribution in [3.8, 4) is 0 Å². The van der Waals surface area contributed by atoms with Crippen molar-refractivity contribution in [1.29, 1.82) is 0 Å². The lowest BCUT2D eigenvalue weighted by Crippen LogP contribution is -2.55. The Hall–Kier alpha value is -3.52. The number of benzene rings is 2. The third-order valence-corrected chi connectivity index (χ3v) is 10.3. The number of nitrogens with two attached hydrogens (primary N) is 1. The topological polar surface area (TPSA) is 162 Å². The van der Waals surface area contributed by atoms with Gasteiger partial charge in [-0.25, -0.2) is 13.1 Å². The van der Waals surface area contributed by atoms with Crippen LogP contribution in [-0.2, 0) is 48.0 Å². The summed E-state index contributed by atoms with van der Waals surface area (Å²) in [4.78, 5) is 57.3. The van der Waals surface area contributed by atoms with Gasteiger partial charge in [0.2, 0.25) is 33.7 Å². The minimum atomic E-state index is -4.05. The lowest BCUT2D eigenvalue weighted by Gasteiger charge is -2.37. The molecule has 0 aromatic heterocycles. The van der Waals surface area contributed by atoms with E-state index in [4.69, 9.17) is 17.3 Å². The van der Waals surface area contributed by atoms with Crippen LogP contribution in [-0.4, -0.2) is 91.6 Å². The summed E-state index contributed by atoms with van der Waals surface area (Å²) < 4.78 is 29.1. The summed E-state index contributed by atoms with van der Waals surface area (Å²) >= 11 is 6.14. The van der Waals surface area contributed by atoms with E-state index in [1.54, 1.807) is 60.5 Å². The molecule has 0 aliphatic carbocycles. The molecule has 2 aromatic rings. The minimum absolute atomic E-state index is 0.0255. The molecule has 2 aromatic carbocycles. The lowest BCUT2D eigenvalue weighted by molar-refractivity contribution is -0.142. The minimum Gasteiger partial charge on any atom is -0.350 e. The quantitative estimate of drug-likeness (QED) is 0.309. The van der Waals surface area contributed by atoms with Gasteiger partial charge in [0.25, 0.3) is 0 Å². The highest BCUT2D eigenvalue weighted by atomic mass is 35.5. The van der Waals surface area contributed by atoms with Gasteiger partial charge >= 0.3 is 0 Å². The van der Waals surface area contributed by atoms with Gasteiger partial charge in [-0.3, -0.25) is 19.2 Å². The Balaban J connectivity index is 1.49. The second kappa shape index (κ2) is 15.9. The molecule has 4 N–H and O–H groups in total. The Kier molecular flexibility index (Phi) is 12.2. The van der Waals surface area contributed by atoms with Gasteiger partial charge in [0.1, 0.15) is 12.1 Å². The smallest absolute Gasteiger partial charge is 0.243 e. The number of hydrogen-bond donors (Lipinski definition) is 3. The van der Waals surface area contributed by atoms with Crippen LogP contribution in [0.4, 0.5) is 0 Å². The summed E-state index contributed by atoms with van der Waals surface area (Å²) in [5.41, 5.74) is 7.95. The van der Waals surface area contributed by atoms with Gasteiger partial charge in [0, 0.05) is 57.8 Å². The fourth-order valence-electron chi connectivity index (χ4n) is 6.08. The zero-order valence-electron chi connectivity index (χ0n) is 26.3. The van der Waals surface area contributed by atoms with E-state index in [1.807, 2.05) is 0 Å². The second-order valence-corrected chi connectivity index (χ2v) is 14.1. The molecule has 46 heavy (non-hydrogen) atoms. The molecule has 2 fully saturated rings. The monoisotopic (exact) mass is 674 g/mol. The standard InChI is InChI=1S/C32H43ClN6O6S/c1-22(40)38-15-12-27(13-16-38)37(2)30(41)18-28(36-46(44,45)21-23-7-4-3-5-8-23)32(43)39-14-6-9-29(39)31(42)35-20-25-17-26(33)11-10-24(25)19-34/h3-5,7-8,10-11,17,27-29,36H,6,9,12-16,18-21,34H2,1-2H3,(H,35,42)/t28?,29-/m0/s1. The van der Waals surface area contributed by atoms with E-state index < -0.39 is 40.3 Å². The summed E-state index contributed by atoms with van der Waals surface area (Å²) in [6, 6.07) is 11.4. The average Bonchev–Trinajstić information content (AvgIpc) is 3.53. The van der Waals surface area contributed by atoms with Crippen LogP contribution in [0.25, 0.3) is 0 Å². The molecule has 4 amide bonds. The molecule has 0 spiro atoms. The first-order valence-corrected chi connectivity index (χ1v) is 17.5. The molecule has 0 saturated carbocycles. The first kappa shape index (κ1) is 35.3. The Morgan fingerprint density at radius 3 is 2.37 bits per heavy atom. The van der Waals surface area contributed by atoms with Crippen molar-refractivity contribution < 1.29 is 27.6 Å². The summed E-state index contributed by atoms with van der Waals surface area (Å²) in [6.07, 6.45) is 1.67. The van der Waals surface area contributed by atoms with Crippen molar-refractivity contribution >= 4 is 45.3 Å². The predicted octanol–water partition coefficient (Wildman–Crippen LogP) is 1.75. The van der Waals surface area contributed by atoms with E-state index in [0.29, 0.717) is 49.4 Å². The number of halogens is 1. The Morgan fingerprint density at radius 2 is 1.72 bits per heavy atom. The van der Waals surface area contributed by atoms with Gasteiger partial charge in [0.15, 0.2) is 0 Å². The number of nitrogens with zero attached hydrogens (tertiary/aromatic N) is 3. The first-order chi connectivity index (χ1) is 21.9. The fourth-order valence-corrected chi connectivity index (χ4v) is 7.61. The molecule has 1 unspecified atom stereocenters. The van der Waals surface area contributed by atoms with Crippen LogP contribution >= 0.6 is 11.6 Å². The van der Waals surface area contributed by atoms with Crippen LogP contribution < -0.4 is 15.8 Å². The van der Waals surface area contributed by atoms with Crippen LogP contribution in [0.15, 0.2) is 48.5 Å². The molecular formula is C32H43ClN6O6S. The Morgan fingerprint density at radius 1 is 1.02 bits per heavy atom. The number of piperidine rings is 1. The molecule has 2 atom stereocenters. The molecule has 4 rings (SSSR count). The third-order valence-electron chi connectivity index (χ3n) is 8.73. The summed E-state index contributed by atoms with van der Waals surface area (Å²) in [6.45, 7) is 3.19. The number of carbonyl (C=O) groups is 4. The molecule has 12 nitrogen and oxygen atoms in total. The summed E-state index contributed by atoms with van der Waals surface area (Å²) in [5, 5.41) is 3.38. The third kappa shape index (κ3) is 9.27. The van der Waals surface area contributed by atoms with E-state index in [9.17, 15) is 27.6 Å². The normalized spacial score (nSPS) is 17.9. The highest BCUT2D eigenvalue weighted by Gasteiger charge is 2.40. The van der Waals surface area contributed by atoms with Crippen molar-refractivity contribution in [3.05, 3.63) is 70.2 Å². The van der Waals surface area contributed by atoms with Crippen LogP contribution in [0.1, 0.15) is 55.7 Å². The molecule has 2 aliphatic rings. The molecule has 14 heteroatoms. The van der Waals surface area contributed by atoms with Crippen molar-refractivity contribution in [1.82, 2.24) is 24.7 Å². The average molecular weight is 675 g/mol. The lowest BCUT2D eigenvalue weighted by atomic mass is 10.0. The van der Waals surface area contributed by atoms with Crippen LogP contribution in [0.5, 0.6) is 0 Å². The number of hydrogen-bond acceptors (Lipinski definition) is 7. The second-order valence-electron chi connectivity index (χ2n) is 11.9. The van der Waals surface area contributed by atoms with Crippen molar-refractivity contribution in [2.75, 3.05) is 26.7 Å². The Bertz CT molecular complexity index is 1520. The van der Waals surface area contributed by atoms with Crippen LogP contribution in [0, 0.1) is 0 Å². The zero-order chi connectivity index (χ0) is 33.4. The highest BCUT2D eigenvalue weighted by Crippen LogP contribution is 2.23. The molecule has 2 aliphatic heterocycles. The van der Waals surface area contributed by atoms with Gasteiger partial charge in [-0.05, 0) is 54.5 Å². The largest absolute Gasteiger partial charge is 0.350 e. The maximum atomic E-state index is 14.0. The zero-order valence-corrected chi connectivity index (χ0v) is 27.9. The van der Waals surface area contributed by atoms with Gasteiger partial charge in [0.05, 0.1) is 12.2 Å². The number of carbonyl (C=O) groups excluding carboxylic acids is 4. The summed E-state index contributed by atoms with van der Waals surface area (Å²) in [7, 11) is -2.42. The number of amides is 4. The predicted molar refractivity (Wildman–Crippen MR) is 175 cm³/mol. The van der Waals surface area contributed by atoms with Crippen molar-refractivity contribution in [2.45, 2.75) is 76.0 Å². The number of rotatable bonds is 12. The highest BCUT2D eigenvalue weighted by molar-refractivity contribution is 7.88. The van der Waals surface area contributed by atoms with Crippen LogP contribution in [0.2, 0.25) is 5.02 Å². The molecule has 2 heterocycles. The fraction of sp³-hybridized carbons (Fsp3) is 0.500. The molecule has 2 saturated heterocycles. The van der Waals surface area contributed by atoms with Crippen LogP contribution in [0.3, 0.4) is 0 Å². The van der Waals surface area contributed by atoms with E-state index >= 15 is 0 Å². The van der Waals surface area contributed by atoms with Crippen molar-refractivity contribution in [3.63, 3.8) is 0 Å². The first-order valence-electron chi connectivity index (χ1n) is 15.5. The van der Waals surface area contributed by atoms with E-state index in [0.717, 1.165) is 11.1 Å². The number of nitrogens with one attached hydrogen (secondary N) is 2. The molecule has 0 bridgehead atoms. The number of sulfonamides is 1. The van der Waals surface area contributed by atoms with E-state index in [1.165, 1.54) is 16.7 Å². The molecular weight excluding hydrogens is 632 g/mol. The maximum Gasteiger partial charge on any atom is 0.243 e. The van der Waals surface area contributed by atoms with Gasteiger partial charge in [-0.1, -0.05) is 48.0 Å². The molecule has 0 radical (unpaired) electrons. The molecule has 250 valence electrons. The Labute approximate surface area is 275 Å².